The maximum Gasteiger partial charge on any atom is 0.185 e. The van der Waals surface area contributed by atoms with E-state index in [2.05, 4.69) is 9.88 Å². The highest BCUT2D eigenvalue weighted by Gasteiger charge is 2.14. The van der Waals surface area contributed by atoms with Crippen LogP contribution >= 0.6 is 11.3 Å². The SMILES string of the molecule is Cc1ccc(CN(C)c2nc(C)c(C(C)N)s2)o1. The smallest absolute Gasteiger partial charge is 0.185 e. The zero-order chi connectivity index (χ0) is 13.3. The van der Waals surface area contributed by atoms with Gasteiger partial charge in [-0.05, 0) is 32.9 Å². The fourth-order valence-electron chi connectivity index (χ4n) is 1.85. The number of rotatable bonds is 4. The van der Waals surface area contributed by atoms with Crippen LogP contribution in [0.3, 0.4) is 0 Å². The van der Waals surface area contributed by atoms with Crippen LogP contribution in [0.1, 0.15) is 35.1 Å². The van der Waals surface area contributed by atoms with Crippen LogP contribution in [-0.4, -0.2) is 12.0 Å². The maximum absolute atomic E-state index is 5.92. The molecule has 1 unspecified atom stereocenters. The van der Waals surface area contributed by atoms with E-state index in [0.29, 0.717) is 0 Å². The number of nitrogens with two attached hydrogens (primary N) is 1. The summed E-state index contributed by atoms with van der Waals surface area (Å²) < 4.78 is 5.57. The molecule has 0 radical (unpaired) electrons. The van der Waals surface area contributed by atoms with Crippen LogP contribution in [0.15, 0.2) is 16.5 Å². The van der Waals surface area contributed by atoms with Crippen molar-refractivity contribution in [3.8, 4) is 0 Å². The van der Waals surface area contributed by atoms with Gasteiger partial charge in [0.15, 0.2) is 5.13 Å². The summed E-state index contributed by atoms with van der Waals surface area (Å²) in [7, 11) is 2.01. The van der Waals surface area contributed by atoms with Gasteiger partial charge in [0.05, 0.1) is 12.2 Å². The van der Waals surface area contributed by atoms with Gasteiger partial charge in [-0.15, -0.1) is 11.3 Å². The molecule has 0 aliphatic carbocycles. The molecule has 0 saturated heterocycles. The summed E-state index contributed by atoms with van der Waals surface area (Å²) in [6.45, 7) is 6.66. The highest BCUT2D eigenvalue weighted by atomic mass is 32.1. The van der Waals surface area contributed by atoms with E-state index in [1.807, 2.05) is 40.0 Å². The molecule has 2 N–H and O–H groups in total. The number of anilines is 1. The van der Waals surface area contributed by atoms with Gasteiger partial charge in [-0.3, -0.25) is 0 Å². The van der Waals surface area contributed by atoms with E-state index in [1.165, 1.54) is 0 Å². The molecular formula is C13H19N3OS. The van der Waals surface area contributed by atoms with Gasteiger partial charge in [0.2, 0.25) is 0 Å². The van der Waals surface area contributed by atoms with E-state index in [9.17, 15) is 0 Å². The number of aromatic nitrogens is 1. The molecule has 1 atom stereocenters. The van der Waals surface area contributed by atoms with Crippen LogP contribution in [0, 0.1) is 13.8 Å². The van der Waals surface area contributed by atoms with E-state index in [1.54, 1.807) is 11.3 Å². The lowest BCUT2D eigenvalue weighted by Crippen LogP contribution is -2.15. The summed E-state index contributed by atoms with van der Waals surface area (Å²) >= 11 is 1.65. The molecule has 0 spiro atoms. The van der Waals surface area contributed by atoms with Crippen molar-refractivity contribution in [3.05, 3.63) is 34.2 Å². The first kappa shape index (κ1) is 13.1. The Morgan fingerprint density at radius 3 is 2.67 bits per heavy atom. The van der Waals surface area contributed by atoms with Crippen LogP contribution < -0.4 is 10.6 Å². The molecular weight excluding hydrogens is 246 g/mol. The lowest BCUT2D eigenvalue weighted by molar-refractivity contribution is 0.481. The Bertz CT molecular complexity index is 530. The van der Waals surface area contributed by atoms with Crippen molar-refractivity contribution in [2.45, 2.75) is 33.4 Å². The molecule has 0 aliphatic heterocycles. The lowest BCUT2D eigenvalue weighted by atomic mass is 10.2. The van der Waals surface area contributed by atoms with Crippen molar-refractivity contribution in [3.63, 3.8) is 0 Å². The third kappa shape index (κ3) is 2.73. The first-order valence-electron chi connectivity index (χ1n) is 5.96. The fraction of sp³-hybridized carbons (Fsp3) is 0.462. The fourth-order valence-corrected chi connectivity index (χ4v) is 2.83. The second-order valence-electron chi connectivity index (χ2n) is 4.60. The summed E-state index contributed by atoms with van der Waals surface area (Å²) in [5.74, 6) is 1.88. The average molecular weight is 265 g/mol. The first-order chi connectivity index (χ1) is 8.47. The summed E-state index contributed by atoms with van der Waals surface area (Å²) in [4.78, 5) is 7.79. The van der Waals surface area contributed by atoms with E-state index in [0.717, 1.165) is 33.8 Å². The normalized spacial score (nSPS) is 12.7. The van der Waals surface area contributed by atoms with Gasteiger partial charge in [0.25, 0.3) is 0 Å². The third-order valence-corrected chi connectivity index (χ3v) is 4.22. The maximum atomic E-state index is 5.92. The summed E-state index contributed by atoms with van der Waals surface area (Å²) in [5, 5.41) is 0.980. The molecule has 0 aromatic carbocycles. The molecule has 2 rings (SSSR count). The van der Waals surface area contributed by atoms with Gasteiger partial charge in [-0.2, -0.15) is 0 Å². The number of hydrogen-bond donors (Lipinski definition) is 1. The van der Waals surface area contributed by atoms with Crippen LogP contribution in [0.25, 0.3) is 0 Å². The molecule has 0 bridgehead atoms. The highest BCUT2D eigenvalue weighted by molar-refractivity contribution is 7.15. The van der Waals surface area contributed by atoms with Crippen LogP contribution in [-0.2, 0) is 6.54 Å². The van der Waals surface area contributed by atoms with E-state index in [-0.39, 0.29) is 6.04 Å². The Labute approximate surface area is 111 Å². The van der Waals surface area contributed by atoms with E-state index in [4.69, 9.17) is 10.2 Å². The van der Waals surface area contributed by atoms with Crippen LogP contribution in [0.2, 0.25) is 0 Å². The minimum Gasteiger partial charge on any atom is -0.464 e. The molecule has 5 heteroatoms. The minimum absolute atomic E-state index is 0.0375. The van der Waals surface area contributed by atoms with Crippen molar-refractivity contribution in [2.24, 2.45) is 5.73 Å². The lowest BCUT2D eigenvalue weighted by Gasteiger charge is -2.13. The molecule has 0 fully saturated rings. The molecule has 98 valence electrons. The van der Waals surface area contributed by atoms with Crippen molar-refractivity contribution < 1.29 is 4.42 Å². The van der Waals surface area contributed by atoms with Crippen molar-refractivity contribution in [1.29, 1.82) is 0 Å². The zero-order valence-electron chi connectivity index (χ0n) is 11.2. The molecule has 0 amide bonds. The molecule has 2 aromatic rings. The van der Waals surface area contributed by atoms with Crippen LogP contribution in [0.5, 0.6) is 0 Å². The Hall–Kier alpha value is -1.33. The molecule has 0 aliphatic rings. The number of hydrogen-bond acceptors (Lipinski definition) is 5. The van der Waals surface area contributed by atoms with Gasteiger partial charge >= 0.3 is 0 Å². The monoisotopic (exact) mass is 265 g/mol. The Morgan fingerprint density at radius 2 is 2.17 bits per heavy atom. The van der Waals surface area contributed by atoms with E-state index >= 15 is 0 Å². The largest absolute Gasteiger partial charge is 0.464 e. The molecule has 2 heterocycles. The number of aryl methyl sites for hydroxylation is 2. The quantitative estimate of drug-likeness (QED) is 0.923. The van der Waals surface area contributed by atoms with E-state index < -0.39 is 0 Å². The Morgan fingerprint density at radius 1 is 1.44 bits per heavy atom. The van der Waals surface area contributed by atoms with Gasteiger partial charge in [0, 0.05) is 18.0 Å². The van der Waals surface area contributed by atoms with Crippen LogP contribution in [0.4, 0.5) is 5.13 Å². The molecule has 4 nitrogen and oxygen atoms in total. The summed E-state index contributed by atoms with van der Waals surface area (Å²) in [6, 6.07) is 4.01. The number of furan rings is 1. The number of nitrogens with zero attached hydrogens (tertiary/aromatic N) is 2. The second-order valence-corrected chi connectivity index (χ2v) is 5.61. The van der Waals surface area contributed by atoms with Crippen molar-refractivity contribution in [2.75, 3.05) is 11.9 Å². The predicted molar refractivity (Wildman–Crippen MR) is 75.0 cm³/mol. The zero-order valence-corrected chi connectivity index (χ0v) is 12.0. The van der Waals surface area contributed by atoms with Gasteiger partial charge in [-0.25, -0.2) is 4.98 Å². The van der Waals surface area contributed by atoms with Crippen molar-refractivity contribution >= 4 is 16.5 Å². The minimum atomic E-state index is 0.0375. The highest BCUT2D eigenvalue weighted by Crippen LogP contribution is 2.29. The summed E-state index contributed by atoms with van der Waals surface area (Å²) in [6.07, 6.45) is 0. The number of thiazole rings is 1. The topological polar surface area (TPSA) is 55.3 Å². The summed E-state index contributed by atoms with van der Waals surface area (Å²) in [5.41, 5.74) is 6.94. The van der Waals surface area contributed by atoms with Gasteiger partial charge in [-0.1, -0.05) is 0 Å². The predicted octanol–water partition coefficient (Wildman–Crippen LogP) is 3.01. The van der Waals surface area contributed by atoms with Crippen molar-refractivity contribution in [1.82, 2.24) is 4.98 Å². The van der Waals surface area contributed by atoms with Gasteiger partial charge in [0.1, 0.15) is 11.5 Å². The molecule has 0 saturated carbocycles. The first-order valence-corrected chi connectivity index (χ1v) is 6.78. The third-order valence-electron chi connectivity index (χ3n) is 2.75. The van der Waals surface area contributed by atoms with Gasteiger partial charge < -0.3 is 15.1 Å². The second kappa shape index (κ2) is 5.12. The average Bonchev–Trinajstić information content (AvgIpc) is 2.85. The Balaban J connectivity index is 2.13. The Kier molecular flexibility index (Phi) is 3.73. The standard InChI is InChI=1S/C13H19N3OS/c1-8-5-6-11(17-8)7-16(4)13-15-10(3)12(18-13)9(2)14/h5-6,9H,7,14H2,1-4H3. The molecule has 2 aromatic heterocycles. The molecule has 18 heavy (non-hydrogen) atoms.